The molecular weight excluding hydrogens is 112 g/mol. The molecule has 0 aromatic rings. The van der Waals surface area contributed by atoms with E-state index in [1.54, 1.807) is 0 Å². The number of hydrogen-bond acceptors (Lipinski definition) is 0. The van der Waals surface area contributed by atoms with Crippen molar-refractivity contribution in [2.75, 3.05) is 0 Å². The fourth-order valence-electron chi connectivity index (χ4n) is 0.677. The average molecular weight is 125 g/mol. The zero-order chi connectivity index (χ0) is 5.54. The van der Waals surface area contributed by atoms with E-state index in [0.717, 1.165) is 0 Å². The zero-order valence-corrected chi connectivity index (χ0v) is 5.54. The molecule has 0 atom stereocenters. The summed E-state index contributed by atoms with van der Waals surface area (Å²) in [5.41, 5.74) is 0. The first-order valence-electron chi connectivity index (χ1n) is 3.41. The second-order valence-electron chi connectivity index (χ2n) is 2.06. The summed E-state index contributed by atoms with van der Waals surface area (Å²) in [5.74, 6) is 0. The molecule has 0 N–H and O–H groups in total. The zero-order valence-electron chi connectivity index (χ0n) is 5.54. The number of rotatable bonds is 4. The predicted octanol–water partition coefficient (Wildman–Crippen LogP) is 2.15. The van der Waals surface area contributed by atoms with Crippen molar-refractivity contribution in [1.29, 1.82) is 0 Å². The van der Waals surface area contributed by atoms with Gasteiger partial charge in [0.2, 0.25) is 0 Å². The average Bonchev–Trinajstić information content (AvgIpc) is 1.69. The molecule has 0 aliphatic carbocycles. The van der Waals surface area contributed by atoms with Crippen LogP contribution in [-0.4, -0.2) is 17.7 Å². The molecule has 0 aliphatic rings. The van der Waals surface area contributed by atoms with Gasteiger partial charge in [-0.1, -0.05) is 0 Å². The minimum absolute atomic E-state index is 1.36. The molecule has 0 rings (SSSR count). The third kappa shape index (κ3) is 6.60. The molecule has 0 saturated heterocycles. The molecule has 0 unspecified atom stereocenters. The van der Waals surface area contributed by atoms with Gasteiger partial charge in [0.25, 0.3) is 0 Å². The van der Waals surface area contributed by atoms with Crippen LogP contribution in [0.1, 0.15) is 32.6 Å². The van der Waals surface area contributed by atoms with Gasteiger partial charge in [-0.15, -0.1) is 0 Å². The first-order valence-corrected chi connectivity index (χ1v) is 3.41. The van der Waals surface area contributed by atoms with Crippen LogP contribution in [0.2, 0.25) is 5.09 Å². The molecule has 0 spiro atoms. The van der Waals surface area contributed by atoms with E-state index in [2.05, 4.69) is 24.6 Å². The van der Waals surface area contributed by atoms with Crippen molar-refractivity contribution in [3.8, 4) is 0 Å². The van der Waals surface area contributed by atoms with Crippen molar-refractivity contribution < 1.29 is 0 Å². The molecule has 0 aromatic heterocycles. The molecule has 1 heteroatoms. The maximum atomic E-state index is 2.25. The molecule has 0 bridgehead atoms. The summed E-state index contributed by atoms with van der Waals surface area (Å²) in [7, 11) is 0. The second-order valence-corrected chi connectivity index (χ2v) is 2.06. The quantitative estimate of drug-likeness (QED) is 0.399. The number of hydrogen-bond donors (Lipinski definition) is 0. The van der Waals surface area contributed by atoms with E-state index in [1.807, 2.05) is 0 Å². The molecule has 0 nitrogen and oxygen atoms in total. The van der Waals surface area contributed by atoms with Crippen molar-refractivity contribution in [3.05, 3.63) is 0 Å². The van der Waals surface area contributed by atoms with Gasteiger partial charge in [-0.2, -0.15) is 0 Å². The van der Waals surface area contributed by atoms with Gasteiger partial charge in [-0.3, -0.25) is 0 Å². The fourth-order valence-corrected chi connectivity index (χ4v) is 0.677. The van der Waals surface area contributed by atoms with Crippen molar-refractivity contribution in [1.82, 2.24) is 0 Å². The normalized spacial score (nSPS) is 9.57. The standard InChI is InChI=1S/C6H13.Li/c1-3-5-6-4-2;/h1,3-6H2,2H3;/i;1+33. The van der Waals surface area contributed by atoms with Gasteiger partial charge in [-0.05, 0) is 0 Å². The SMILES string of the molecule is [40Li][CH2]CCCCC. The van der Waals surface area contributed by atoms with Crippen molar-refractivity contribution in [2.24, 2.45) is 0 Å². The molecule has 0 saturated carbocycles. The van der Waals surface area contributed by atoms with Crippen LogP contribution in [0.4, 0.5) is 0 Å². The van der Waals surface area contributed by atoms with Gasteiger partial charge in [-0.25, -0.2) is 0 Å². The van der Waals surface area contributed by atoms with Crippen LogP contribution < -0.4 is 0 Å². The molecule has 0 aliphatic heterocycles. The van der Waals surface area contributed by atoms with Crippen molar-refractivity contribution in [3.63, 3.8) is 0 Å². The first-order chi connectivity index (χ1) is 3.41. The van der Waals surface area contributed by atoms with Gasteiger partial charge in [0, 0.05) is 0 Å². The Kier molecular flexibility index (Phi) is 7.16. The van der Waals surface area contributed by atoms with Gasteiger partial charge in [0.05, 0.1) is 0 Å². The third-order valence-corrected chi connectivity index (χ3v) is 1.21. The van der Waals surface area contributed by atoms with Gasteiger partial charge < -0.3 is 0 Å². The number of unbranched alkanes of at least 4 members (excludes halogenated alkanes) is 3. The Labute approximate surface area is 55.9 Å². The third-order valence-electron chi connectivity index (χ3n) is 1.21. The maximum absolute atomic E-state index is 2.25. The first kappa shape index (κ1) is 7.60. The molecule has 7 heavy (non-hydrogen) atoms. The van der Waals surface area contributed by atoms with Crippen LogP contribution >= 0.6 is 0 Å². The summed E-state index contributed by atoms with van der Waals surface area (Å²) < 4.78 is 0. The van der Waals surface area contributed by atoms with E-state index >= 15 is 0 Å². The van der Waals surface area contributed by atoms with E-state index in [0.29, 0.717) is 0 Å². The van der Waals surface area contributed by atoms with E-state index in [1.165, 1.54) is 30.8 Å². The monoisotopic (exact) mass is 125 g/mol. The molecule has 0 aromatic carbocycles. The summed E-state index contributed by atoms with van der Waals surface area (Å²) in [4.78, 5) is 0. The van der Waals surface area contributed by atoms with E-state index in [-0.39, 0.29) is 0 Å². The van der Waals surface area contributed by atoms with Crippen LogP contribution in [0, 0.1) is 0 Å². The summed E-state index contributed by atoms with van der Waals surface area (Å²) in [6.45, 7) is 2.25. The molecule has 0 radical (unpaired) electrons. The van der Waals surface area contributed by atoms with Crippen LogP contribution in [0.15, 0.2) is 0 Å². The molecule has 0 amide bonds. The predicted molar refractivity (Wildman–Crippen MR) is 34.7 cm³/mol. The molecule has 0 heterocycles. The Bertz CT molecular complexity index is 23.4. The van der Waals surface area contributed by atoms with Crippen LogP contribution in [0.5, 0.6) is 0 Å². The van der Waals surface area contributed by atoms with Gasteiger partial charge >= 0.3 is 55.4 Å². The van der Waals surface area contributed by atoms with E-state index < -0.39 is 0 Å². The second kappa shape index (κ2) is 6.60. The van der Waals surface area contributed by atoms with Crippen LogP contribution in [-0.2, 0) is 0 Å². The van der Waals surface area contributed by atoms with E-state index in [9.17, 15) is 0 Å². The molecule has 38 valence electrons. The van der Waals surface area contributed by atoms with Crippen LogP contribution in [0.25, 0.3) is 0 Å². The van der Waals surface area contributed by atoms with E-state index in [4.69, 9.17) is 0 Å². The fraction of sp³-hybridized carbons (Fsp3) is 1.00. The molecular formula is C6H13Li. The Balaban J connectivity index is 2.45. The summed E-state index contributed by atoms with van der Waals surface area (Å²) in [5, 5.41) is 1.36. The Morgan fingerprint density at radius 1 is 1.14 bits per heavy atom. The van der Waals surface area contributed by atoms with Gasteiger partial charge in [0.15, 0.2) is 0 Å². The molecule has 0 fully saturated rings. The topological polar surface area (TPSA) is 0 Å². The van der Waals surface area contributed by atoms with Crippen molar-refractivity contribution in [2.45, 2.75) is 37.7 Å². The van der Waals surface area contributed by atoms with Crippen molar-refractivity contribution >= 4 is 17.7 Å². The summed E-state index contributed by atoms with van der Waals surface area (Å²) >= 11 is 2.25. The summed E-state index contributed by atoms with van der Waals surface area (Å²) in [6.07, 6.45) is 5.65. The van der Waals surface area contributed by atoms with Crippen LogP contribution in [0.3, 0.4) is 0 Å². The van der Waals surface area contributed by atoms with Gasteiger partial charge in [0.1, 0.15) is 0 Å². The Morgan fingerprint density at radius 2 is 1.86 bits per heavy atom. The summed E-state index contributed by atoms with van der Waals surface area (Å²) in [6, 6.07) is 0. The minimum atomic E-state index is 1.36. The Hall–Kier alpha value is 0.597. The Morgan fingerprint density at radius 3 is 2.29 bits per heavy atom.